The van der Waals surface area contributed by atoms with Gasteiger partial charge in [-0.15, -0.1) is 0 Å². The normalized spacial score (nSPS) is 20.0. The molecular formula is C11H17N5. The summed E-state index contributed by atoms with van der Waals surface area (Å²) in [4.78, 5) is 2.22. The van der Waals surface area contributed by atoms with E-state index in [1.807, 2.05) is 13.2 Å². The van der Waals surface area contributed by atoms with Crippen molar-refractivity contribution in [2.24, 2.45) is 7.05 Å². The third-order valence-electron chi connectivity index (χ3n) is 2.90. The van der Waals surface area contributed by atoms with Crippen molar-refractivity contribution in [2.75, 3.05) is 26.2 Å². The standard InChI is InChI=1S/C11H17N5/c1-15-9-10(8-14-15)11(7-12)16-5-2-3-13-4-6-16/h8-9,11,13H,2-6H2,1H3. The van der Waals surface area contributed by atoms with Gasteiger partial charge in [-0.3, -0.25) is 9.58 Å². The number of nitriles is 1. The van der Waals surface area contributed by atoms with Crippen molar-refractivity contribution in [1.29, 1.82) is 5.26 Å². The van der Waals surface area contributed by atoms with Crippen LogP contribution in [-0.4, -0.2) is 40.9 Å². The highest BCUT2D eigenvalue weighted by Gasteiger charge is 2.21. The number of hydrogen-bond acceptors (Lipinski definition) is 4. The molecule has 5 heteroatoms. The van der Waals surface area contributed by atoms with Gasteiger partial charge in [0.25, 0.3) is 0 Å². The minimum absolute atomic E-state index is 0.159. The van der Waals surface area contributed by atoms with E-state index in [1.54, 1.807) is 10.9 Å². The fourth-order valence-corrected chi connectivity index (χ4v) is 2.07. The number of aryl methyl sites for hydroxylation is 1. The van der Waals surface area contributed by atoms with E-state index in [0.29, 0.717) is 0 Å². The van der Waals surface area contributed by atoms with Crippen LogP contribution in [0.3, 0.4) is 0 Å². The van der Waals surface area contributed by atoms with Gasteiger partial charge in [0.2, 0.25) is 0 Å². The fourth-order valence-electron chi connectivity index (χ4n) is 2.07. The maximum absolute atomic E-state index is 9.28. The number of hydrogen-bond donors (Lipinski definition) is 1. The molecular weight excluding hydrogens is 202 g/mol. The van der Waals surface area contributed by atoms with E-state index < -0.39 is 0 Å². The first-order valence-corrected chi connectivity index (χ1v) is 5.64. The lowest BCUT2D eigenvalue weighted by atomic mass is 10.1. The lowest BCUT2D eigenvalue weighted by molar-refractivity contribution is 0.252. The molecule has 1 aliphatic heterocycles. The van der Waals surface area contributed by atoms with Crippen LogP contribution in [0.1, 0.15) is 18.0 Å². The van der Waals surface area contributed by atoms with Crippen molar-refractivity contribution in [3.63, 3.8) is 0 Å². The molecule has 0 spiro atoms. The topological polar surface area (TPSA) is 56.9 Å². The van der Waals surface area contributed by atoms with Gasteiger partial charge in [-0.05, 0) is 13.0 Å². The summed E-state index contributed by atoms with van der Waals surface area (Å²) in [5, 5.41) is 16.8. The first-order chi connectivity index (χ1) is 7.81. The molecule has 0 amide bonds. The Morgan fingerprint density at radius 3 is 3.06 bits per heavy atom. The van der Waals surface area contributed by atoms with E-state index in [2.05, 4.69) is 21.4 Å². The van der Waals surface area contributed by atoms with Gasteiger partial charge in [0.15, 0.2) is 0 Å². The summed E-state index contributed by atoms with van der Waals surface area (Å²) in [6, 6.07) is 2.22. The van der Waals surface area contributed by atoms with Crippen molar-refractivity contribution >= 4 is 0 Å². The largest absolute Gasteiger partial charge is 0.315 e. The SMILES string of the molecule is Cn1cc(C(C#N)N2CCCNCC2)cn1. The van der Waals surface area contributed by atoms with E-state index in [0.717, 1.165) is 38.2 Å². The summed E-state index contributed by atoms with van der Waals surface area (Å²) in [5.74, 6) is 0. The quantitative estimate of drug-likeness (QED) is 0.776. The summed E-state index contributed by atoms with van der Waals surface area (Å²) in [5.41, 5.74) is 0.993. The molecule has 2 heterocycles. The van der Waals surface area contributed by atoms with Gasteiger partial charge in [0.05, 0.1) is 12.3 Å². The minimum Gasteiger partial charge on any atom is -0.315 e. The second kappa shape index (κ2) is 5.10. The molecule has 0 bridgehead atoms. The number of nitrogens with one attached hydrogen (secondary N) is 1. The average molecular weight is 219 g/mol. The molecule has 1 aliphatic rings. The lowest BCUT2D eigenvalue weighted by Gasteiger charge is -2.23. The van der Waals surface area contributed by atoms with Crippen LogP contribution in [-0.2, 0) is 7.05 Å². The molecule has 0 aliphatic carbocycles. The lowest BCUT2D eigenvalue weighted by Crippen LogP contribution is -2.31. The highest BCUT2D eigenvalue weighted by Crippen LogP contribution is 2.19. The molecule has 1 fully saturated rings. The van der Waals surface area contributed by atoms with Crippen LogP contribution in [0.2, 0.25) is 0 Å². The molecule has 0 aromatic carbocycles. The van der Waals surface area contributed by atoms with Crippen molar-refractivity contribution in [2.45, 2.75) is 12.5 Å². The van der Waals surface area contributed by atoms with Gasteiger partial charge in [-0.1, -0.05) is 0 Å². The van der Waals surface area contributed by atoms with Crippen LogP contribution in [0.4, 0.5) is 0 Å². The first kappa shape index (κ1) is 11.1. The molecule has 86 valence electrons. The second-order valence-corrected chi connectivity index (χ2v) is 4.12. The fraction of sp³-hybridized carbons (Fsp3) is 0.636. The molecule has 0 saturated carbocycles. The maximum atomic E-state index is 9.28. The van der Waals surface area contributed by atoms with Crippen LogP contribution in [0.25, 0.3) is 0 Å². The molecule has 0 radical (unpaired) electrons. The van der Waals surface area contributed by atoms with Gasteiger partial charge in [-0.25, -0.2) is 0 Å². The van der Waals surface area contributed by atoms with Crippen molar-refractivity contribution in [1.82, 2.24) is 20.0 Å². The molecule has 1 atom stereocenters. The van der Waals surface area contributed by atoms with Gasteiger partial charge >= 0.3 is 0 Å². The molecule has 1 N–H and O–H groups in total. The van der Waals surface area contributed by atoms with Crippen LogP contribution in [0.15, 0.2) is 12.4 Å². The Hall–Kier alpha value is -1.38. The summed E-state index contributed by atoms with van der Waals surface area (Å²) >= 11 is 0. The number of nitrogens with zero attached hydrogens (tertiary/aromatic N) is 4. The smallest absolute Gasteiger partial charge is 0.126 e. The summed E-state index contributed by atoms with van der Waals surface area (Å²) < 4.78 is 1.75. The Morgan fingerprint density at radius 2 is 2.38 bits per heavy atom. The highest BCUT2D eigenvalue weighted by atomic mass is 15.3. The Balaban J connectivity index is 2.12. The third-order valence-corrected chi connectivity index (χ3v) is 2.90. The predicted molar refractivity (Wildman–Crippen MR) is 60.6 cm³/mol. The average Bonchev–Trinajstić information content (AvgIpc) is 2.55. The maximum Gasteiger partial charge on any atom is 0.126 e. The minimum atomic E-state index is -0.159. The van der Waals surface area contributed by atoms with Gasteiger partial charge < -0.3 is 5.32 Å². The Labute approximate surface area is 95.7 Å². The monoisotopic (exact) mass is 219 g/mol. The van der Waals surface area contributed by atoms with E-state index in [9.17, 15) is 5.26 Å². The molecule has 1 aromatic rings. The van der Waals surface area contributed by atoms with Crippen LogP contribution in [0, 0.1) is 11.3 Å². The Kier molecular flexibility index (Phi) is 3.54. The number of aromatic nitrogens is 2. The van der Waals surface area contributed by atoms with E-state index >= 15 is 0 Å². The highest BCUT2D eigenvalue weighted by molar-refractivity contribution is 5.18. The van der Waals surface area contributed by atoms with Crippen molar-refractivity contribution < 1.29 is 0 Å². The summed E-state index contributed by atoms with van der Waals surface area (Å²) in [6.07, 6.45) is 4.80. The first-order valence-electron chi connectivity index (χ1n) is 5.64. The second-order valence-electron chi connectivity index (χ2n) is 4.12. The summed E-state index contributed by atoms with van der Waals surface area (Å²) in [7, 11) is 1.88. The Morgan fingerprint density at radius 1 is 1.50 bits per heavy atom. The molecule has 1 saturated heterocycles. The van der Waals surface area contributed by atoms with Crippen LogP contribution in [0.5, 0.6) is 0 Å². The predicted octanol–water partition coefficient (Wildman–Crippen LogP) is 0.280. The van der Waals surface area contributed by atoms with Gasteiger partial charge in [-0.2, -0.15) is 10.4 Å². The van der Waals surface area contributed by atoms with Crippen molar-refractivity contribution in [3.05, 3.63) is 18.0 Å². The Bertz CT molecular complexity index is 370. The molecule has 16 heavy (non-hydrogen) atoms. The molecule has 1 aromatic heterocycles. The number of rotatable bonds is 2. The van der Waals surface area contributed by atoms with Gasteiger partial charge in [0.1, 0.15) is 6.04 Å². The zero-order chi connectivity index (χ0) is 11.4. The third kappa shape index (κ3) is 2.40. The molecule has 1 unspecified atom stereocenters. The van der Waals surface area contributed by atoms with E-state index in [-0.39, 0.29) is 6.04 Å². The van der Waals surface area contributed by atoms with Crippen LogP contribution < -0.4 is 5.32 Å². The summed E-state index contributed by atoms with van der Waals surface area (Å²) in [6.45, 7) is 3.90. The zero-order valence-electron chi connectivity index (χ0n) is 9.56. The van der Waals surface area contributed by atoms with Crippen molar-refractivity contribution in [3.8, 4) is 6.07 Å². The zero-order valence-corrected chi connectivity index (χ0v) is 9.56. The van der Waals surface area contributed by atoms with Crippen LogP contribution >= 0.6 is 0 Å². The molecule has 2 rings (SSSR count). The van der Waals surface area contributed by atoms with E-state index in [1.165, 1.54) is 0 Å². The molecule has 5 nitrogen and oxygen atoms in total. The van der Waals surface area contributed by atoms with E-state index in [4.69, 9.17) is 0 Å². The van der Waals surface area contributed by atoms with Gasteiger partial charge in [0, 0.05) is 38.4 Å².